The number of carbonyl (C=O) groups is 1. The largest absolute Gasteiger partial charge is 0.497 e. The van der Waals surface area contributed by atoms with Crippen LogP contribution in [0.5, 0.6) is 11.5 Å². The van der Waals surface area contributed by atoms with Crippen molar-refractivity contribution in [3.63, 3.8) is 0 Å². The Hall–Kier alpha value is -4.73. The van der Waals surface area contributed by atoms with Crippen molar-refractivity contribution >= 4 is 17.3 Å². The molecule has 0 aromatic heterocycles. The highest BCUT2D eigenvalue weighted by Crippen LogP contribution is 2.21. The fourth-order valence-electron chi connectivity index (χ4n) is 4.86. The van der Waals surface area contributed by atoms with Gasteiger partial charge in [0.25, 0.3) is 5.91 Å². The number of piperazine rings is 1. The molecule has 5 rings (SSSR count). The molecule has 1 amide bonds. The summed E-state index contributed by atoms with van der Waals surface area (Å²) in [6, 6.07) is 31.5. The number of hydrogen-bond acceptors (Lipinski definition) is 5. The van der Waals surface area contributed by atoms with Gasteiger partial charge in [0.05, 0.1) is 13.7 Å². The lowest BCUT2D eigenvalue weighted by Crippen LogP contribution is -2.46. The number of methoxy groups -OCH3 is 1. The topological polar surface area (TPSA) is 54.0 Å². The van der Waals surface area contributed by atoms with E-state index in [1.54, 1.807) is 7.11 Å². The van der Waals surface area contributed by atoms with Gasteiger partial charge in [-0.2, -0.15) is 0 Å². The van der Waals surface area contributed by atoms with E-state index in [0.29, 0.717) is 12.2 Å². The third kappa shape index (κ3) is 7.47. The van der Waals surface area contributed by atoms with Crippen LogP contribution in [0.25, 0.3) is 0 Å². The molecule has 1 saturated heterocycles. The number of nitrogens with one attached hydrogen (secondary N) is 1. The van der Waals surface area contributed by atoms with E-state index in [0.717, 1.165) is 66.7 Å². The molecule has 0 saturated carbocycles. The highest BCUT2D eigenvalue weighted by molar-refractivity contribution is 6.04. The summed E-state index contributed by atoms with van der Waals surface area (Å²) in [7, 11) is 1.62. The van der Waals surface area contributed by atoms with Gasteiger partial charge < -0.3 is 19.7 Å². The number of anilines is 2. The number of amides is 1. The predicted molar refractivity (Wildman–Crippen MR) is 165 cm³/mol. The van der Waals surface area contributed by atoms with Crippen LogP contribution in [-0.2, 0) is 6.54 Å². The number of hydrogen-bond donors (Lipinski definition) is 1. The minimum Gasteiger partial charge on any atom is -0.497 e. The van der Waals surface area contributed by atoms with Crippen LogP contribution >= 0.6 is 0 Å². The SMILES string of the molecule is CCOc1cccc(C#Cc2ccccc2CN2CCN(c3ccc(C(=O)Nc4ccc(OC)cc4)cc3)CC2)c1. The molecule has 1 aliphatic rings. The first-order valence-corrected chi connectivity index (χ1v) is 14.0. The zero-order valence-electron chi connectivity index (χ0n) is 23.6. The van der Waals surface area contributed by atoms with Crippen molar-refractivity contribution in [2.24, 2.45) is 0 Å². The van der Waals surface area contributed by atoms with E-state index < -0.39 is 0 Å². The van der Waals surface area contributed by atoms with Gasteiger partial charge in [0.15, 0.2) is 0 Å². The van der Waals surface area contributed by atoms with E-state index in [2.05, 4.69) is 45.2 Å². The Labute approximate surface area is 242 Å². The third-order valence-corrected chi connectivity index (χ3v) is 7.11. The second-order valence-corrected chi connectivity index (χ2v) is 9.86. The van der Waals surface area contributed by atoms with Gasteiger partial charge in [-0.3, -0.25) is 9.69 Å². The Morgan fingerprint density at radius 1 is 0.829 bits per heavy atom. The molecule has 1 aliphatic heterocycles. The molecule has 208 valence electrons. The van der Waals surface area contributed by atoms with Crippen molar-refractivity contribution in [3.8, 4) is 23.3 Å². The Morgan fingerprint density at radius 2 is 1.59 bits per heavy atom. The number of rotatable bonds is 8. The molecule has 4 aromatic carbocycles. The van der Waals surface area contributed by atoms with E-state index >= 15 is 0 Å². The Balaban J connectivity index is 1.15. The van der Waals surface area contributed by atoms with Crippen LogP contribution in [0.1, 0.15) is 34.0 Å². The number of benzene rings is 4. The summed E-state index contributed by atoms with van der Waals surface area (Å²) in [5.74, 6) is 8.15. The Bertz CT molecular complexity index is 1510. The molecule has 1 fully saturated rings. The van der Waals surface area contributed by atoms with E-state index in [1.165, 1.54) is 5.56 Å². The fourth-order valence-corrected chi connectivity index (χ4v) is 4.86. The molecule has 6 heteroatoms. The van der Waals surface area contributed by atoms with E-state index in [-0.39, 0.29) is 5.91 Å². The highest BCUT2D eigenvalue weighted by Gasteiger charge is 2.18. The lowest BCUT2D eigenvalue weighted by molar-refractivity contribution is 0.102. The zero-order chi connectivity index (χ0) is 28.4. The van der Waals surface area contributed by atoms with Crippen LogP contribution < -0.4 is 19.7 Å². The molecule has 6 nitrogen and oxygen atoms in total. The van der Waals surface area contributed by atoms with Gasteiger partial charge in [0, 0.05) is 60.8 Å². The quantitative estimate of drug-likeness (QED) is 0.273. The van der Waals surface area contributed by atoms with Crippen molar-refractivity contribution in [1.82, 2.24) is 4.90 Å². The molecule has 0 atom stereocenters. The summed E-state index contributed by atoms with van der Waals surface area (Å²) in [5, 5.41) is 2.94. The number of carbonyl (C=O) groups excluding carboxylic acids is 1. The normalized spacial score (nSPS) is 13.2. The molecule has 0 radical (unpaired) electrons. The molecular weight excluding hydrogens is 510 g/mol. The van der Waals surface area contributed by atoms with Crippen LogP contribution in [0.2, 0.25) is 0 Å². The van der Waals surface area contributed by atoms with Crippen LogP contribution in [0, 0.1) is 11.8 Å². The van der Waals surface area contributed by atoms with E-state index in [4.69, 9.17) is 9.47 Å². The first kappa shape index (κ1) is 27.8. The van der Waals surface area contributed by atoms with Gasteiger partial charge in [-0.1, -0.05) is 36.1 Å². The van der Waals surface area contributed by atoms with Crippen LogP contribution in [-0.4, -0.2) is 50.7 Å². The van der Waals surface area contributed by atoms with Gasteiger partial charge in [-0.15, -0.1) is 0 Å². The van der Waals surface area contributed by atoms with Crippen LogP contribution in [0.15, 0.2) is 97.1 Å². The molecule has 4 aromatic rings. The van der Waals surface area contributed by atoms with Crippen LogP contribution in [0.3, 0.4) is 0 Å². The Morgan fingerprint density at radius 3 is 2.32 bits per heavy atom. The summed E-state index contributed by atoms with van der Waals surface area (Å²) in [4.78, 5) is 17.5. The van der Waals surface area contributed by atoms with Crippen molar-refractivity contribution in [2.45, 2.75) is 13.5 Å². The molecule has 0 spiro atoms. The van der Waals surface area contributed by atoms with Gasteiger partial charge in [-0.25, -0.2) is 0 Å². The monoisotopic (exact) mass is 545 g/mol. The van der Waals surface area contributed by atoms with Gasteiger partial charge in [0.1, 0.15) is 11.5 Å². The molecular formula is C35H35N3O3. The predicted octanol–water partition coefficient (Wildman–Crippen LogP) is 6.07. The van der Waals surface area contributed by atoms with Gasteiger partial charge in [0.2, 0.25) is 0 Å². The van der Waals surface area contributed by atoms with E-state index in [1.807, 2.05) is 85.8 Å². The maximum Gasteiger partial charge on any atom is 0.255 e. The van der Waals surface area contributed by atoms with Crippen molar-refractivity contribution in [2.75, 3.05) is 50.1 Å². The third-order valence-electron chi connectivity index (χ3n) is 7.11. The standard InChI is InChI=1S/C35H35N3O3/c1-3-41-34-10-6-7-27(25-34)11-12-28-8-4-5-9-30(28)26-37-21-23-38(24-22-37)32-17-13-29(14-18-32)35(39)36-31-15-19-33(40-2)20-16-31/h4-10,13-20,25H,3,21-24,26H2,1-2H3,(H,36,39). The number of nitrogens with zero attached hydrogens (tertiary/aromatic N) is 2. The zero-order valence-corrected chi connectivity index (χ0v) is 23.6. The minimum atomic E-state index is -0.129. The Kier molecular flexibility index (Phi) is 9.20. The summed E-state index contributed by atoms with van der Waals surface area (Å²) < 4.78 is 10.8. The highest BCUT2D eigenvalue weighted by atomic mass is 16.5. The fraction of sp³-hybridized carbons (Fsp3) is 0.229. The molecule has 1 heterocycles. The summed E-state index contributed by atoms with van der Waals surface area (Å²) in [6.07, 6.45) is 0. The molecule has 0 bridgehead atoms. The second kappa shape index (κ2) is 13.6. The summed E-state index contributed by atoms with van der Waals surface area (Å²) in [6.45, 7) is 7.25. The smallest absolute Gasteiger partial charge is 0.255 e. The molecule has 41 heavy (non-hydrogen) atoms. The average Bonchev–Trinajstić information content (AvgIpc) is 3.02. The maximum absolute atomic E-state index is 12.7. The first-order valence-electron chi connectivity index (χ1n) is 14.0. The van der Waals surface area contributed by atoms with Gasteiger partial charge >= 0.3 is 0 Å². The lowest BCUT2D eigenvalue weighted by Gasteiger charge is -2.36. The van der Waals surface area contributed by atoms with Crippen molar-refractivity contribution in [3.05, 3.63) is 119 Å². The molecule has 0 unspecified atom stereocenters. The second-order valence-electron chi connectivity index (χ2n) is 9.86. The summed E-state index contributed by atoms with van der Waals surface area (Å²) in [5.41, 5.74) is 5.74. The minimum absolute atomic E-state index is 0.129. The van der Waals surface area contributed by atoms with Crippen LogP contribution in [0.4, 0.5) is 11.4 Å². The first-order chi connectivity index (χ1) is 20.1. The molecule has 1 N–H and O–H groups in total. The molecule has 0 aliphatic carbocycles. The lowest BCUT2D eigenvalue weighted by atomic mass is 10.1. The maximum atomic E-state index is 12.7. The van der Waals surface area contributed by atoms with E-state index in [9.17, 15) is 4.79 Å². The average molecular weight is 546 g/mol. The summed E-state index contributed by atoms with van der Waals surface area (Å²) >= 11 is 0. The van der Waals surface area contributed by atoms with Gasteiger partial charge in [-0.05, 0) is 85.3 Å². The number of ether oxygens (including phenoxy) is 2. The van der Waals surface area contributed by atoms with Crippen molar-refractivity contribution in [1.29, 1.82) is 0 Å². The van der Waals surface area contributed by atoms with Crippen molar-refractivity contribution < 1.29 is 14.3 Å².